The SMILES string of the molecule is CC(=O)C1CC(C(=O)NCc2cc(C)oc2C)=NN1c1ccccc1. The smallest absolute Gasteiger partial charge is 0.267 e. The molecule has 0 aliphatic carbocycles. The lowest BCUT2D eigenvalue weighted by Gasteiger charge is -2.20. The molecule has 1 aliphatic heterocycles. The Balaban J connectivity index is 1.74. The first-order chi connectivity index (χ1) is 12.0. The minimum Gasteiger partial charge on any atom is -0.466 e. The molecule has 1 amide bonds. The minimum atomic E-state index is -0.443. The normalized spacial score (nSPS) is 16.7. The van der Waals surface area contributed by atoms with Crippen molar-refractivity contribution in [2.45, 2.75) is 39.8 Å². The van der Waals surface area contributed by atoms with Gasteiger partial charge in [0.15, 0.2) is 5.78 Å². The number of hydrazone groups is 1. The summed E-state index contributed by atoms with van der Waals surface area (Å²) < 4.78 is 5.46. The van der Waals surface area contributed by atoms with E-state index in [0.717, 1.165) is 22.8 Å². The van der Waals surface area contributed by atoms with Crippen LogP contribution in [-0.4, -0.2) is 23.4 Å². The summed E-state index contributed by atoms with van der Waals surface area (Å²) in [6.07, 6.45) is 0.305. The molecule has 0 bridgehead atoms. The Morgan fingerprint density at radius 3 is 2.60 bits per heavy atom. The molecule has 2 heterocycles. The number of aryl methyl sites for hydroxylation is 2. The van der Waals surface area contributed by atoms with Crippen molar-refractivity contribution in [1.29, 1.82) is 0 Å². The van der Waals surface area contributed by atoms with Crippen molar-refractivity contribution >= 4 is 23.1 Å². The first-order valence-corrected chi connectivity index (χ1v) is 8.22. The number of nitrogens with one attached hydrogen (secondary N) is 1. The molecule has 1 aliphatic rings. The van der Waals surface area contributed by atoms with Gasteiger partial charge < -0.3 is 9.73 Å². The van der Waals surface area contributed by atoms with E-state index in [4.69, 9.17) is 4.42 Å². The van der Waals surface area contributed by atoms with E-state index in [9.17, 15) is 9.59 Å². The molecular weight excluding hydrogens is 318 g/mol. The van der Waals surface area contributed by atoms with E-state index in [-0.39, 0.29) is 11.7 Å². The average Bonchev–Trinajstić information content (AvgIpc) is 3.17. The zero-order valence-electron chi connectivity index (χ0n) is 14.6. The van der Waals surface area contributed by atoms with Gasteiger partial charge in [0.05, 0.1) is 5.69 Å². The summed E-state index contributed by atoms with van der Waals surface area (Å²) in [6, 6.07) is 10.9. The summed E-state index contributed by atoms with van der Waals surface area (Å²) in [5.41, 5.74) is 2.10. The minimum absolute atomic E-state index is 0.0169. The van der Waals surface area contributed by atoms with Crippen LogP contribution >= 0.6 is 0 Å². The second-order valence-corrected chi connectivity index (χ2v) is 6.18. The molecule has 1 N–H and O–H groups in total. The largest absolute Gasteiger partial charge is 0.466 e. The number of para-hydroxylation sites is 1. The van der Waals surface area contributed by atoms with Gasteiger partial charge in [0.25, 0.3) is 5.91 Å². The fourth-order valence-corrected chi connectivity index (χ4v) is 2.92. The van der Waals surface area contributed by atoms with E-state index in [1.807, 2.05) is 50.2 Å². The molecule has 2 aromatic rings. The third kappa shape index (κ3) is 3.63. The molecule has 6 nitrogen and oxygen atoms in total. The van der Waals surface area contributed by atoms with Crippen LogP contribution in [0.3, 0.4) is 0 Å². The maximum Gasteiger partial charge on any atom is 0.267 e. The number of benzene rings is 1. The van der Waals surface area contributed by atoms with Crippen LogP contribution in [0.4, 0.5) is 5.69 Å². The van der Waals surface area contributed by atoms with E-state index < -0.39 is 6.04 Å². The lowest BCUT2D eigenvalue weighted by Crippen LogP contribution is -2.34. The van der Waals surface area contributed by atoms with Crippen LogP contribution in [0.25, 0.3) is 0 Å². The van der Waals surface area contributed by atoms with Gasteiger partial charge in [0.2, 0.25) is 0 Å². The number of amides is 1. The second kappa shape index (κ2) is 6.93. The van der Waals surface area contributed by atoms with Crippen LogP contribution in [0.1, 0.15) is 30.4 Å². The molecular formula is C19H21N3O3. The number of ketones is 1. The molecule has 0 fully saturated rings. The summed E-state index contributed by atoms with van der Waals surface area (Å²) in [7, 11) is 0. The maximum atomic E-state index is 12.5. The van der Waals surface area contributed by atoms with E-state index in [1.54, 1.807) is 5.01 Å². The number of rotatable bonds is 5. The lowest BCUT2D eigenvalue weighted by molar-refractivity contribution is -0.118. The Morgan fingerprint density at radius 1 is 1.28 bits per heavy atom. The van der Waals surface area contributed by atoms with Gasteiger partial charge in [-0.2, -0.15) is 5.10 Å². The molecule has 1 unspecified atom stereocenters. The van der Waals surface area contributed by atoms with Crippen LogP contribution < -0.4 is 10.3 Å². The number of Topliss-reactive ketones (excluding diaryl/α,β-unsaturated/α-hetero) is 1. The summed E-state index contributed by atoms with van der Waals surface area (Å²) in [5, 5.41) is 8.88. The van der Waals surface area contributed by atoms with Gasteiger partial charge in [0, 0.05) is 18.5 Å². The first-order valence-electron chi connectivity index (χ1n) is 8.22. The number of furan rings is 1. The van der Waals surface area contributed by atoms with Gasteiger partial charge in [-0.3, -0.25) is 14.6 Å². The Kier molecular flexibility index (Phi) is 4.70. The fourth-order valence-electron chi connectivity index (χ4n) is 2.92. The quantitative estimate of drug-likeness (QED) is 0.909. The third-order valence-corrected chi connectivity index (χ3v) is 4.25. The highest BCUT2D eigenvalue weighted by atomic mass is 16.3. The van der Waals surface area contributed by atoms with Crippen LogP contribution in [-0.2, 0) is 16.1 Å². The van der Waals surface area contributed by atoms with Crippen molar-refractivity contribution in [3.8, 4) is 0 Å². The number of anilines is 1. The number of carbonyl (C=O) groups is 2. The Bertz CT molecular complexity index is 824. The lowest BCUT2D eigenvalue weighted by atomic mass is 10.1. The molecule has 1 atom stereocenters. The summed E-state index contributed by atoms with van der Waals surface area (Å²) >= 11 is 0. The zero-order valence-corrected chi connectivity index (χ0v) is 14.6. The van der Waals surface area contributed by atoms with Crippen molar-refractivity contribution < 1.29 is 14.0 Å². The highest BCUT2D eigenvalue weighted by molar-refractivity contribution is 6.40. The maximum absolute atomic E-state index is 12.5. The third-order valence-electron chi connectivity index (χ3n) is 4.25. The van der Waals surface area contributed by atoms with Crippen molar-refractivity contribution in [3.63, 3.8) is 0 Å². The molecule has 1 aromatic carbocycles. The Labute approximate surface area is 146 Å². The number of carbonyl (C=O) groups excluding carboxylic acids is 2. The van der Waals surface area contributed by atoms with Crippen LogP contribution in [0.15, 0.2) is 45.9 Å². The summed E-state index contributed by atoms with van der Waals surface area (Å²) in [4.78, 5) is 24.4. The predicted octanol–water partition coefficient (Wildman–Crippen LogP) is 2.74. The average molecular weight is 339 g/mol. The van der Waals surface area contributed by atoms with Gasteiger partial charge in [-0.25, -0.2) is 0 Å². The Hall–Kier alpha value is -2.89. The molecule has 6 heteroatoms. The first kappa shape index (κ1) is 17.0. The second-order valence-electron chi connectivity index (χ2n) is 6.18. The van der Waals surface area contributed by atoms with E-state index in [2.05, 4.69) is 10.4 Å². The Morgan fingerprint density at radius 2 is 2.00 bits per heavy atom. The van der Waals surface area contributed by atoms with Crippen molar-refractivity contribution in [3.05, 3.63) is 53.5 Å². The van der Waals surface area contributed by atoms with E-state index >= 15 is 0 Å². The summed E-state index contributed by atoms with van der Waals surface area (Å²) in [5.74, 6) is 1.32. The molecule has 25 heavy (non-hydrogen) atoms. The predicted molar refractivity (Wildman–Crippen MR) is 95.5 cm³/mol. The monoisotopic (exact) mass is 339 g/mol. The number of nitrogens with zero attached hydrogens (tertiary/aromatic N) is 2. The van der Waals surface area contributed by atoms with Crippen molar-refractivity contribution in [2.24, 2.45) is 5.10 Å². The molecule has 0 saturated carbocycles. The standard InChI is InChI=1S/C19H21N3O3/c1-12-9-15(14(3)25-12)11-20-19(24)17-10-18(13(2)23)22(21-17)16-7-5-4-6-8-16/h4-9,18H,10-11H2,1-3H3,(H,20,24). The van der Waals surface area contributed by atoms with Crippen LogP contribution in [0, 0.1) is 13.8 Å². The topological polar surface area (TPSA) is 74.9 Å². The van der Waals surface area contributed by atoms with Gasteiger partial charge in [0.1, 0.15) is 23.3 Å². The van der Waals surface area contributed by atoms with E-state index in [0.29, 0.717) is 18.7 Å². The highest BCUT2D eigenvalue weighted by Gasteiger charge is 2.34. The van der Waals surface area contributed by atoms with Gasteiger partial charge in [-0.1, -0.05) is 18.2 Å². The summed E-state index contributed by atoms with van der Waals surface area (Å²) in [6.45, 7) is 5.63. The molecule has 0 radical (unpaired) electrons. The van der Waals surface area contributed by atoms with Crippen molar-refractivity contribution in [2.75, 3.05) is 5.01 Å². The highest BCUT2D eigenvalue weighted by Crippen LogP contribution is 2.25. The van der Waals surface area contributed by atoms with Crippen LogP contribution in [0.2, 0.25) is 0 Å². The van der Waals surface area contributed by atoms with Crippen molar-refractivity contribution in [1.82, 2.24) is 5.32 Å². The fraction of sp³-hybridized carbons (Fsp3) is 0.316. The molecule has 0 saturated heterocycles. The molecule has 1 aromatic heterocycles. The molecule has 3 rings (SSSR count). The van der Waals surface area contributed by atoms with E-state index in [1.165, 1.54) is 6.92 Å². The molecule has 0 spiro atoms. The molecule has 130 valence electrons. The van der Waals surface area contributed by atoms with Gasteiger partial charge in [-0.05, 0) is 39.0 Å². The van der Waals surface area contributed by atoms with Crippen LogP contribution in [0.5, 0.6) is 0 Å². The zero-order chi connectivity index (χ0) is 18.0. The number of hydrogen-bond donors (Lipinski definition) is 1. The number of hydrogen-bond acceptors (Lipinski definition) is 5. The van der Waals surface area contributed by atoms with Gasteiger partial charge in [-0.15, -0.1) is 0 Å². The van der Waals surface area contributed by atoms with Gasteiger partial charge >= 0.3 is 0 Å².